The molecule has 96 valence electrons. The van der Waals surface area contributed by atoms with E-state index in [4.69, 9.17) is 28.5 Å². The number of hydrogen-bond donors (Lipinski definition) is 0. The van der Waals surface area contributed by atoms with Gasteiger partial charge >= 0.3 is 29.6 Å². The number of nitriles is 1. The van der Waals surface area contributed by atoms with Crippen LogP contribution in [0.3, 0.4) is 0 Å². The second kappa shape index (κ2) is 8.57. The average Bonchev–Trinajstić information content (AvgIpc) is 2.29. The fourth-order valence-corrected chi connectivity index (χ4v) is 1.85. The van der Waals surface area contributed by atoms with E-state index in [0.29, 0.717) is 27.6 Å². The maximum atomic E-state index is 10.7. The summed E-state index contributed by atoms with van der Waals surface area (Å²) >= 11 is 12.1. The fourth-order valence-electron chi connectivity index (χ4n) is 1.24. The van der Waals surface area contributed by atoms with Gasteiger partial charge in [0.1, 0.15) is 17.9 Å². The number of carbonyl (C=O) groups is 1. The summed E-state index contributed by atoms with van der Waals surface area (Å²) in [5.74, 6) is -0.869. The summed E-state index contributed by atoms with van der Waals surface area (Å²) in [6.07, 6.45) is 2.11. The normalized spacial score (nSPS) is 11.5. The van der Waals surface area contributed by atoms with Gasteiger partial charge in [0, 0.05) is 14.1 Å². The molecule has 1 aromatic carbocycles. The van der Waals surface area contributed by atoms with E-state index < -0.39 is 5.92 Å². The Bertz CT molecular complexity index is 503. The Labute approximate surface area is 144 Å². The van der Waals surface area contributed by atoms with Crippen molar-refractivity contribution in [3.8, 4) is 6.07 Å². The maximum absolute atomic E-state index is 10.7. The third-order valence-corrected chi connectivity index (χ3v) is 2.67. The summed E-state index contributed by atoms with van der Waals surface area (Å²) in [5, 5.41) is 9.41. The van der Waals surface area contributed by atoms with Crippen LogP contribution in [0.4, 0.5) is 5.69 Å². The van der Waals surface area contributed by atoms with Crippen molar-refractivity contribution in [3.05, 3.63) is 27.7 Å². The zero-order chi connectivity index (χ0) is 13.7. The molecule has 1 atom stereocenters. The average molecular weight is 308 g/mol. The van der Waals surface area contributed by atoms with E-state index in [1.54, 1.807) is 11.2 Å². The molecule has 1 unspecified atom stereocenters. The number of halogens is 2. The predicted molar refractivity (Wildman–Crippen MR) is 79.9 cm³/mol. The van der Waals surface area contributed by atoms with E-state index in [1.807, 2.05) is 20.2 Å². The number of aliphatic imine (C=N–C) groups is 1. The summed E-state index contributed by atoms with van der Waals surface area (Å²) in [7, 11) is 3.63. The van der Waals surface area contributed by atoms with Crippen LogP contribution in [0.25, 0.3) is 0 Å². The fraction of sp³-hybridized carbons (Fsp3) is 0.250. The van der Waals surface area contributed by atoms with Crippen molar-refractivity contribution < 1.29 is 4.79 Å². The first kappa shape index (κ1) is 18.4. The van der Waals surface area contributed by atoms with Gasteiger partial charge in [-0.1, -0.05) is 23.2 Å². The molecule has 19 heavy (non-hydrogen) atoms. The molecule has 1 rings (SSSR count). The number of rotatable bonds is 4. The first-order valence-corrected chi connectivity index (χ1v) is 5.79. The Kier molecular flexibility index (Phi) is 8.31. The summed E-state index contributed by atoms with van der Waals surface area (Å²) in [5.41, 5.74) is 0.879. The molecule has 0 radical (unpaired) electrons. The summed E-state index contributed by atoms with van der Waals surface area (Å²) in [6.45, 7) is 0. The van der Waals surface area contributed by atoms with Gasteiger partial charge in [0.25, 0.3) is 0 Å². The van der Waals surface area contributed by atoms with Crippen LogP contribution < -0.4 is 0 Å². The van der Waals surface area contributed by atoms with Gasteiger partial charge in [-0.3, -0.25) is 0 Å². The van der Waals surface area contributed by atoms with Crippen molar-refractivity contribution in [3.63, 3.8) is 0 Å². The molecule has 7 heteroatoms. The monoisotopic (exact) mass is 307 g/mol. The van der Waals surface area contributed by atoms with Crippen molar-refractivity contribution >= 4 is 71.1 Å². The number of nitrogens with zero attached hydrogens (tertiary/aromatic N) is 3. The molecule has 0 N–H and O–H groups in total. The molecule has 0 bridgehead atoms. The summed E-state index contributed by atoms with van der Waals surface area (Å²) < 4.78 is 0. The molecule has 0 amide bonds. The molecule has 0 spiro atoms. The molecule has 0 aromatic heterocycles. The van der Waals surface area contributed by atoms with Crippen LogP contribution in [0.15, 0.2) is 17.1 Å². The van der Waals surface area contributed by atoms with Crippen LogP contribution in [0.2, 0.25) is 10.0 Å². The molecule has 0 aliphatic rings. The standard InChI is InChI=1S/C12H11Cl2N3O.Na.H/c1-17(2)7-16-12-10(13)3-8(4-11(12)14)9(5-15)6-18;;/h3-4,6-7,9H,1-2H3;;. The second-order valence-corrected chi connectivity index (χ2v) is 4.60. The van der Waals surface area contributed by atoms with Crippen molar-refractivity contribution in [1.29, 1.82) is 5.26 Å². The molecule has 0 heterocycles. The van der Waals surface area contributed by atoms with Crippen molar-refractivity contribution in [1.82, 2.24) is 4.90 Å². The van der Waals surface area contributed by atoms with Crippen molar-refractivity contribution in [2.75, 3.05) is 14.1 Å². The van der Waals surface area contributed by atoms with Crippen molar-refractivity contribution in [2.24, 2.45) is 4.99 Å². The molecule has 0 aliphatic heterocycles. The topological polar surface area (TPSA) is 56.5 Å². The molecule has 0 fully saturated rings. The number of aldehydes is 1. The number of benzene rings is 1. The first-order chi connectivity index (χ1) is 8.49. The predicted octanol–water partition coefficient (Wildman–Crippen LogP) is 2.37. The van der Waals surface area contributed by atoms with Gasteiger partial charge in [-0.25, -0.2) is 4.99 Å². The van der Waals surface area contributed by atoms with E-state index in [1.165, 1.54) is 12.1 Å². The molecule has 0 aliphatic carbocycles. The zero-order valence-electron chi connectivity index (χ0n) is 9.89. The molecular weight excluding hydrogens is 296 g/mol. The third kappa shape index (κ3) is 5.13. The Hall–Kier alpha value is -0.570. The molecule has 4 nitrogen and oxygen atoms in total. The Morgan fingerprint density at radius 2 is 1.89 bits per heavy atom. The van der Waals surface area contributed by atoms with Gasteiger partial charge in [0.2, 0.25) is 0 Å². The minimum absolute atomic E-state index is 0. The third-order valence-electron chi connectivity index (χ3n) is 2.09. The van der Waals surface area contributed by atoms with Gasteiger partial charge in [-0.15, -0.1) is 0 Å². The summed E-state index contributed by atoms with van der Waals surface area (Å²) in [6, 6.07) is 4.91. The second-order valence-electron chi connectivity index (χ2n) is 3.78. The van der Waals surface area contributed by atoms with Crippen LogP contribution in [-0.4, -0.2) is 61.2 Å². The van der Waals surface area contributed by atoms with E-state index in [0.717, 1.165) is 0 Å². The van der Waals surface area contributed by atoms with Crippen LogP contribution >= 0.6 is 23.2 Å². The quantitative estimate of drug-likeness (QED) is 0.371. The molecular formula is C12H12Cl2N3NaO. The van der Waals surface area contributed by atoms with Gasteiger partial charge in [-0.2, -0.15) is 5.26 Å². The zero-order valence-corrected chi connectivity index (χ0v) is 11.4. The SMILES string of the molecule is CN(C)C=Nc1c(Cl)cc(C(C#N)C=O)cc1Cl.[NaH]. The van der Waals surface area contributed by atoms with Crippen molar-refractivity contribution in [2.45, 2.75) is 5.92 Å². The van der Waals surface area contributed by atoms with Gasteiger partial charge in [0.15, 0.2) is 0 Å². The van der Waals surface area contributed by atoms with Crippen LogP contribution in [0.5, 0.6) is 0 Å². The Morgan fingerprint density at radius 1 is 1.37 bits per heavy atom. The number of carbonyl (C=O) groups excluding carboxylic acids is 1. The Morgan fingerprint density at radius 3 is 2.26 bits per heavy atom. The number of hydrogen-bond acceptors (Lipinski definition) is 3. The van der Waals surface area contributed by atoms with Crippen LogP contribution in [-0.2, 0) is 4.79 Å². The first-order valence-electron chi connectivity index (χ1n) is 5.04. The molecule has 0 saturated carbocycles. The van der Waals surface area contributed by atoms with Gasteiger partial charge in [-0.05, 0) is 17.7 Å². The Balaban J connectivity index is 0.00000324. The molecule has 1 aromatic rings. The van der Waals surface area contributed by atoms with Gasteiger partial charge in [0.05, 0.1) is 22.5 Å². The minimum atomic E-state index is -0.869. The van der Waals surface area contributed by atoms with Crippen LogP contribution in [0, 0.1) is 11.3 Å². The van der Waals surface area contributed by atoms with Crippen LogP contribution in [0.1, 0.15) is 11.5 Å². The van der Waals surface area contributed by atoms with E-state index >= 15 is 0 Å². The van der Waals surface area contributed by atoms with E-state index in [2.05, 4.69) is 4.99 Å². The van der Waals surface area contributed by atoms with Gasteiger partial charge < -0.3 is 9.69 Å². The molecule has 0 saturated heterocycles. The summed E-state index contributed by atoms with van der Waals surface area (Å²) in [4.78, 5) is 16.6. The van der Waals surface area contributed by atoms with E-state index in [-0.39, 0.29) is 29.6 Å². The van der Waals surface area contributed by atoms with E-state index in [9.17, 15) is 4.79 Å².